The summed E-state index contributed by atoms with van der Waals surface area (Å²) in [5, 5.41) is 3.61. The minimum absolute atomic E-state index is 0.652. The molecule has 1 aliphatic carbocycles. The van der Waals surface area contributed by atoms with Gasteiger partial charge in [0.05, 0.1) is 33.0 Å². The van der Waals surface area contributed by atoms with Gasteiger partial charge in [0.1, 0.15) is 0 Å². The molecule has 1 saturated carbocycles. The fraction of sp³-hybridized carbons (Fsp3) is 1.00. The lowest BCUT2D eigenvalue weighted by Gasteiger charge is -2.29. The molecule has 1 N–H and O–H groups in total. The molecule has 0 saturated heterocycles. The predicted molar refractivity (Wildman–Crippen MR) is 82.2 cm³/mol. The lowest BCUT2D eigenvalue weighted by Crippen LogP contribution is -2.35. The van der Waals surface area contributed by atoms with Crippen molar-refractivity contribution in [2.24, 2.45) is 5.92 Å². The van der Waals surface area contributed by atoms with Crippen LogP contribution in [-0.4, -0.2) is 52.7 Å². The number of hydrogen-bond acceptors (Lipinski definition) is 4. The number of hydrogen-bond donors (Lipinski definition) is 1. The molecule has 0 spiro atoms. The molecule has 4 heteroatoms. The second kappa shape index (κ2) is 12.6. The Hall–Kier alpha value is -0.160. The van der Waals surface area contributed by atoms with E-state index in [-0.39, 0.29) is 0 Å². The zero-order valence-electron chi connectivity index (χ0n) is 13.4. The van der Waals surface area contributed by atoms with Crippen LogP contribution in [-0.2, 0) is 14.2 Å². The zero-order chi connectivity index (χ0) is 14.5. The highest BCUT2D eigenvalue weighted by atomic mass is 16.5. The highest BCUT2D eigenvalue weighted by molar-refractivity contribution is 4.76. The van der Waals surface area contributed by atoms with Crippen molar-refractivity contribution in [2.45, 2.75) is 51.5 Å². The summed E-state index contributed by atoms with van der Waals surface area (Å²) in [6, 6.07) is 0.713. The van der Waals surface area contributed by atoms with Gasteiger partial charge in [0, 0.05) is 19.7 Å². The van der Waals surface area contributed by atoms with Crippen molar-refractivity contribution in [3.05, 3.63) is 0 Å². The van der Waals surface area contributed by atoms with E-state index >= 15 is 0 Å². The molecular formula is C16H33NO3. The van der Waals surface area contributed by atoms with Crippen LogP contribution in [0.25, 0.3) is 0 Å². The molecule has 0 heterocycles. The SMILES string of the molecule is CCCC1CCC(NCCOCCOCCOC)CC1. The molecule has 1 rings (SSSR count). The van der Waals surface area contributed by atoms with Crippen molar-refractivity contribution in [1.82, 2.24) is 5.32 Å². The van der Waals surface area contributed by atoms with Crippen LogP contribution in [0, 0.1) is 5.92 Å². The molecule has 0 aromatic carbocycles. The van der Waals surface area contributed by atoms with Gasteiger partial charge in [-0.25, -0.2) is 0 Å². The Bertz CT molecular complexity index is 206. The zero-order valence-corrected chi connectivity index (χ0v) is 13.4. The molecule has 0 aliphatic heterocycles. The summed E-state index contributed by atoms with van der Waals surface area (Å²) in [5.41, 5.74) is 0. The first kappa shape index (κ1) is 17.9. The van der Waals surface area contributed by atoms with Crippen molar-refractivity contribution in [2.75, 3.05) is 46.7 Å². The Morgan fingerprint density at radius 1 is 0.900 bits per heavy atom. The topological polar surface area (TPSA) is 39.7 Å². The molecule has 1 aliphatic rings. The van der Waals surface area contributed by atoms with Gasteiger partial charge in [-0.15, -0.1) is 0 Å². The van der Waals surface area contributed by atoms with Crippen molar-refractivity contribution in [3.8, 4) is 0 Å². The van der Waals surface area contributed by atoms with Gasteiger partial charge in [-0.2, -0.15) is 0 Å². The van der Waals surface area contributed by atoms with Crippen molar-refractivity contribution in [1.29, 1.82) is 0 Å². The highest BCUT2D eigenvalue weighted by Crippen LogP contribution is 2.27. The van der Waals surface area contributed by atoms with Crippen LogP contribution in [0.5, 0.6) is 0 Å². The monoisotopic (exact) mass is 287 g/mol. The van der Waals surface area contributed by atoms with Gasteiger partial charge in [-0.3, -0.25) is 0 Å². The molecule has 0 amide bonds. The second-order valence-electron chi connectivity index (χ2n) is 5.68. The molecule has 0 unspecified atom stereocenters. The summed E-state index contributed by atoms with van der Waals surface area (Å²) in [6.45, 7) is 6.67. The number of nitrogens with one attached hydrogen (secondary N) is 1. The third-order valence-electron chi connectivity index (χ3n) is 4.03. The molecule has 1 fully saturated rings. The molecular weight excluding hydrogens is 254 g/mol. The largest absolute Gasteiger partial charge is 0.382 e. The average molecular weight is 287 g/mol. The number of ether oxygens (including phenoxy) is 3. The molecule has 0 radical (unpaired) electrons. The Balaban J connectivity index is 1.83. The van der Waals surface area contributed by atoms with Crippen LogP contribution >= 0.6 is 0 Å². The van der Waals surface area contributed by atoms with E-state index in [1.54, 1.807) is 7.11 Å². The smallest absolute Gasteiger partial charge is 0.0701 e. The molecule has 0 aromatic heterocycles. The first-order valence-electron chi connectivity index (χ1n) is 8.24. The van der Waals surface area contributed by atoms with Crippen LogP contribution < -0.4 is 5.32 Å². The van der Waals surface area contributed by atoms with Crippen LogP contribution in [0.15, 0.2) is 0 Å². The minimum atomic E-state index is 0.652. The molecule has 0 aromatic rings. The van der Waals surface area contributed by atoms with Crippen LogP contribution in [0.4, 0.5) is 0 Å². The fourth-order valence-electron chi connectivity index (χ4n) is 2.86. The van der Waals surface area contributed by atoms with E-state index in [0.29, 0.717) is 32.5 Å². The van der Waals surface area contributed by atoms with Crippen LogP contribution in [0.3, 0.4) is 0 Å². The van der Waals surface area contributed by atoms with Gasteiger partial charge >= 0.3 is 0 Å². The maximum Gasteiger partial charge on any atom is 0.0701 e. The summed E-state index contributed by atoms with van der Waals surface area (Å²) in [5.74, 6) is 0.985. The third kappa shape index (κ3) is 8.90. The maximum atomic E-state index is 5.54. The molecule has 0 atom stereocenters. The first-order valence-corrected chi connectivity index (χ1v) is 8.24. The molecule has 20 heavy (non-hydrogen) atoms. The summed E-state index contributed by atoms with van der Waals surface area (Å²) >= 11 is 0. The van der Waals surface area contributed by atoms with E-state index in [0.717, 1.165) is 19.1 Å². The van der Waals surface area contributed by atoms with E-state index in [4.69, 9.17) is 14.2 Å². The normalized spacial score (nSPS) is 23.1. The highest BCUT2D eigenvalue weighted by Gasteiger charge is 2.19. The number of methoxy groups -OCH3 is 1. The van der Waals surface area contributed by atoms with Gasteiger partial charge < -0.3 is 19.5 Å². The number of rotatable bonds is 12. The maximum absolute atomic E-state index is 5.54. The standard InChI is InChI=1S/C16H33NO3/c1-3-4-15-5-7-16(8-6-15)17-9-10-19-13-14-20-12-11-18-2/h15-17H,3-14H2,1-2H3. The van der Waals surface area contributed by atoms with Crippen molar-refractivity contribution < 1.29 is 14.2 Å². The summed E-state index contributed by atoms with van der Waals surface area (Å²) < 4.78 is 15.8. The van der Waals surface area contributed by atoms with Crippen molar-refractivity contribution >= 4 is 0 Å². The predicted octanol–water partition coefficient (Wildman–Crippen LogP) is 2.61. The van der Waals surface area contributed by atoms with E-state index < -0.39 is 0 Å². The fourth-order valence-corrected chi connectivity index (χ4v) is 2.86. The lowest BCUT2D eigenvalue weighted by molar-refractivity contribution is 0.0249. The quantitative estimate of drug-likeness (QED) is 0.560. The lowest BCUT2D eigenvalue weighted by atomic mass is 9.83. The van der Waals surface area contributed by atoms with E-state index in [1.165, 1.54) is 38.5 Å². The third-order valence-corrected chi connectivity index (χ3v) is 4.03. The molecule has 4 nitrogen and oxygen atoms in total. The first-order chi connectivity index (χ1) is 9.86. The average Bonchev–Trinajstić information content (AvgIpc) is 2.47. The van der Waals surface area contributed by atoms with E-state index in [9.17, 15) is 0 Å². The van der Waals surface area contributed by atoms with Crippen LogP contribution in [0.2, 0.25) is 0 Å². The van der Waals surface area contributed by atoms with E-state index in [1.807, 2.05) is 0 Å². The minimum Gasteiger partial charge on any atom is -0.382 e. The van der Waals surface area contributed by atoms with Crippen LogP contribution in [0.1, 0.15) is 45.4 Å². The van der Waals surface area contributed by atoms with Gasteiger partial charge in [-0.05, 0) is 31.6 Å². The van der Waals surface area contributed by atoms with Gasteiger partial charge in [0.2, 0.25) is 0 Å². The van der Waals surface area contributed by atoms with Gasteiger partial charge in [-0.1, -0.05) is 19.8 Å². The van der Waals surface area contributed by atoms with Gasteiger partial charge in [0.15, 0.2) is 0 Å². The van der Waals surface area contributed by atoms with Crippen molar-refractivity contribution in [3.63, 3.8) is 0 Å². The Morgan fingerprint density at radius 2 is 1.55 bits per heavy atom. The summed E-state index contributed by atoms with van der Waals surface area (Å²) in [4.78, 5) is 0. The summed E-state index contributed by atoms with van der Waals surface area (Å²) in [6.07, 6.45) is 8.23. The Morgan fingerprint density at radius 3 is 2.20 bits per heavy atom. The van der Waals surface area contributed by atoms with Gasteiger partial charge in [0.25, 0.3) is 0 Å². The van der Waals surface area contributed by atoms with E-state index in [2.05, 4.69) is 12.2 Å². The molecule has 120 valence electrons. The Kier molecular flexibility index (Phi) is 11.2. The Labute approximate surface area is 124 Å². The summed E-state index contributed by atoms with van der Waals surface area (Å²) in [7, 11) is 1.68. The molecule has 0 bridgehead atoms. The second-order valence-corrected chi connectivity index (χ2v) is 5.68.